The molecule has 1 amide bonds. The van der Waals surface area contributed by atoms with Crippen molar-refractivity contribution in [1.82, 2.24) is 0 Å². The van der Waals surface area contributed by atoms with E-state index in [1.807, 2.05) is 71.6 Å². The Morgan fingerprint density at radius 3 is 2.44 bits per heavy atom. The summed E-state index contributed by atoms with van der Waals surface area (Å²) in [6, 6.07) is 26.0. The lowest BCUT2D eigenvalue weighted by atomic mass is 10.0. The highest BCUT2D eigenvalue weighted by molar-refractivity contribution is 5.99. The first-order chi connectivity index (χ1) is 13.2. The Morgan fingerprint density at radius 1 is 1.00 bits per heavy atom. The molecule has 27 heavy (non-hydrogen) atoms. The summed E-state index contributed by atoms with van der Waals surface area (Å²) in [5.74, 6) is 0.887. The third-order valence-corrected chi connectivity index (χ3v) is 4.91. The van der Waals surface area contributed by atoms with Crippen molar-refractivity contribution in [3.05, 3.63) is 90.0 Å². The van der Waals surface area contributed by atoms with Crippen molar-refractivity contribution in [2.24, 2.45) is 0 Å². The summed E-state index contributed by atoms with van der Waals surface area (Å²) in [6.07, 6.45) is 0.361. The second kappa shape index (κ2) is 7.54. The van der Waals surface area contributed by atoms with Crippen molar-refractivity contribution >= 4 is 17.3 Å². The van der Waals surface area contributed by atoms with Crippen LogP contribution in [-0.4, -0.2) is 19.6 Å². The molecule has 0 aromatic heterocycles. The van der Waals surface area contributed by atoms with Crippen LogP contribution >= 0.6 is 0 Å². The van der Waals surface area contributed by atoms with Crippen molar-refractivity contribution in [3.63, 3.8) is 0 Å². The van der Waals surface area contributed by atoms with Crippen molar-refractivity contribution < 1.29 is 9.53 Å². The molecule has 4 heteroatoms. The van der Waals surface area contributed by atoms with E-state index in [4.69, 9.17) is 4.74 Å². The molecule has 3 aromatic carbocycles. The molecule has 3 aromatic rings. The monoisotopic (exact) mass is 358 g/mol. The van der Waals surface area contributed by atoms with Gasteiger partial charge < -0.3 is 15.0 Å². The number of nitrogens with zero attached hydrogens (tertiary/aromatic N) is 1. The topological polar surface area (TPSA) is 41.6 Å². The van der Waals surface area contributed by atoms with Gasteiger partial charge in [-0.15, -0.1) is 0 Å². The van der Waals surface area contributed by atoms with Crippen LogP contribution in [0.4, 0.5) is 11.4 Å². The number of hydrogen-bond acceptors (Lipinski definition) is 3. The average Bonchev–Trinajstić information content (AvgIpc) is 2.74. The van der Waals surface area contributed by atoms with Crippen LogP contribution < -0.4 is 15.0 Å². The summed E-state index contributed by atoms with van der Waals surface area (Å²) in [4.78, 5) is 15.0. The number of fused-ring (bicyclic) bond motifs is 1. The molecule has 0 spiro atoms. The number of benzene rings is 3. The van der Waals surface area contributed by atoms with Crippen LogP contribution in [0.5, 0.6) is 5.75 Å². The highest BCUT2D eigenvalue weighted by Crippen LogP contribution is 2.35. The maximum atomic E-state index is 13.1. The van der Waals surface area contributed by atoms with E-state index >= 15 is 0 Å². The molecule has 0 bridgehead atoms. The fourth-order valence-corrected chi connectivity index (χ4v) is 3.47. The van der Waals surface area contributed by atoms with E-state index in [1.54, 1.807) is 7.11 Å². The zero-order valence-electron chi connectivity index (χ0n) is 15.3. The number of amides is 1. The van der Waals surface area contributed by atoms with E-state index in [1.165, 1.54) is 5.56 Å². The van der Waals surface area contributed by atoms with Gasteiger partial charge in [0.15, 0.2) is 0 Å². The number of methoxy groups -OCH3 is 1. The van der Waals surface area contributed by atoms with Gasteiger partial charge in [0.05, 0.1) is 37.5 Å². The number of carbonyl (C=O) groups is 1. The molecule has 1 N–H and O–H groups in total. The van der Waals surface area contributed by atoms with Gasteiger partial charge in [0, 0.05) is 0 Å². The molecule has 136 valence electrons. The van der Waals surface area contributed by atoms with Gasteiger partial charge in [-0.3, -0.25) is 4.79 Å². The maximum Gasteiger partial charge on any atom is 0.231 e. The fourth-order valence-electron chi connectivity index (χ4n) is 3.47. The molecular weight excluding hydrogens is 336 g/mol. The number of carbonyl (C=O) groups excluding carboxylic acids is 1. The fraction of sp³-hybridized carbons (Fsp3) is 0.174. The number of para-hydroxylation sites is 2. The number of hydrogen-bond donors (Lipinski definition) is 1. The lowest BCUT2D eigenvalue weighted by Gasteiger charge is -2.36. The lowest BCUT2D eigenvalue weighted by Crippen LogP contribution is -2.41. The SMILES string of the molecule is COc1ccc(CC(=O)N2CC(c3ccccc3)Nc3ccccc32)cc1. The van der Waals surface area contributed by atoms with E-state index in [2.05, 4.69) is 17.4 Å². The molecule has 1 aliphatic rings. The standard InChI is InChI=1S/C23H22N2O2/c1-27-19-13-11-17(12-14-19)15-23(26)25-16-21(18-7-3-2-4-8-18)24-20-9-5-6-10-22(20)25/h2-14,21,24H,15-16H2,1H3. The van der Waals surface area contributed by atoms with Gasteiger partial charge in [-0.05, 0) is 35.4 Å². The van der Waals surface area contributed by atoms with Gasteiger partial charge in [0.1, 0.15) is 5.75 Å². The Bertz CT molecular complexity index is 923. The van der Waals surface area contributed by atoms with Crippen LogP contribution in [0.25, 0.3) is 0 Å². The Labute approximate surface area is 159 Å². The molecule has 1 heterocycles. The molecule has 0 saturated heterocycles. The summed E-state index contributed by atoms with van der Waals surface area (Å²) >= 11 is 0. The minimum absolute atomic E-state index is 0.0703. The van der Waals surface area contributed by atoms with Crippen molar-refractivity contribution in [3.8, 4) is 5.75 Å². The average molecular weight is 358 g/mol. The molecule has 4 nitrogen and oxygen atoms in total. The first-order valence-corrected chi connectivity index (χ1v) is 9.08. The van der Waals surface area contributed by atoms with Gasteiger partial charge in [0.25, 0.3) is 0 Å². The predicted octanol–water partition coefficient (Wildman–Crippen LogP) is 4.44. The minimum Gasteiger partial charge on any atom is -0.497 e. The van der Waals surface area contributed by atoms with Gasteiger partial charge in [-0.2, -0.15) is 0 Å². The Kier molecular flexibility index (Phi) is 4.79. The van der Waals surface area contributed by atoms with E-state index in [0.29, 0.717) is 13.0 Å². The van der Waals surface area contributed by atoms with E-state index in [9.17, 15) is 4.79 Å². The Morgan fingerprint density at radius 2 is 1.70 bits per heavy atom. The number of ether oxygens (including phenoxy) is 1. The van der Waals surface area contributed by atoms with Crippen LogP contribution in [0.1, 0.15) is 17.2 Å². The highest BCUT2D eigenvalue weighted by Gasteiger charge is 2.28. The molecule has 0 radical (unpaired) electrons. The van der Waals surface area contributed by atoms with Crippen LogP contribution in [0.3, 0.4) is 0 Å². The number of nitrogens with one attached hydrogen (secondary N) is 1. The molecule has 0 saturated carbocycles. The van der Waals surface area contributed by atoms with E-state index in [-0.39, 0.29) is 11.9 Å². The summed E-state index contributed by atoms with van der Waals surface area (Å²) < 4.78 is 5.20. The van der Waals surface area contributed by atoms with Crippen LogP contribution in [0, 0.1) is 0 Å². The van der Waals surface area contributed by atoms with Crippen LogP contribution in [-0.2, 0) is 11.2 Å². The molecule has 1 atom stereocenters. The third-order valence-electron chi connectivity index (χ3n) is 4.91. The van der Waals surface area contributed by atoms with E-state index in [0.717, 1.165) is 22.7 Å². The second-order valence-electron chi connectivity index (χ2n) is 6.65. The molecule has 0 aliphatic carbocycles. The van der Waals surface area contributed by atoms with Crippen LogP contribution in [0.15, 0.2) is 78.9 Å². The molecule has 1 aliphatic heterocycles. The Balaban J connectivity index is 1.60. The summed E-state index contributed by atoms with van der Waals surface area (Å²) in [5.41, 5.74) is 4.08. The molecule has 0 fully saturated rings. The minimum atomic E-state index is 0.0703. The third kappa shape index (κ3) is 3.65. The van der Waals surface area contributed by atoms with Gasteiger partial charge in [-0.25, -0.2) is 0 Å². The van der Waals surface area contributed by atoms with E-state index < -0.39 is 0 Å². The van der Waals surface area contributed by atoms with Crippen molar-refractivity contribution in [2.45, 2.75) is 12.5 Å². The second-order valence-corrected chi connectivity index (χ2v) is 6.65. The normalized spacial score (nSPS) is 15.6. The molecule has 4 rings (SSSR count). The van der Waals surface area contributed by atoms with Crippen LogP contribution in [0.2, 0.25) is 0 Å². The lowest BCUT2D eigenvalue weighted by molar-refractivity contribution is -0.118. The van der Waals surface area contributed by atoms with Crippen molar-refractivity contribution in [1.29, 1.82) is 0 Å². The van der Waals surface area contributed by atoms with Gasteiger partial charge >= 0.3 is 0 Å². The number of anilines is 2. The summed E-state index contributed by atoms with van der Waals surface area (Å²) in [7, 11) is 1.64. The first kappa shape index (κ1) is 17.2. The smallest absolute Gasteiger partial charge is 0.231 e. The van der Waals surface area contributed by atoms with Crippen molar-refractivity contribution in [2.75, 3.05) is 23.9 Å². The Hall–Kier alpha value is -3.27. The largest absolute Gasteiger partial charge is 0.497 e. The van der Waals surface area contributed by atoms with Gasteiger partial charge in [-0.1, -0.05) is 54.6 Å². The number of rotatable bonds is 4. The summed E-state index contributed by atoms with van der Waals surface area (Å²) in [6.45, 7) is 0.607. The zero-order valence-corrected chi connectivity index (χ0v) is 15.3. The zero-order chi connectivity index (χ0) is 18.6. The predicted molar refractivity (Wildman–Crippen MR) is 108 cm³/mol. The maximum absolute atomic E-state index is 13.1. The molecule has 1 unspecified atom stereocenters. The summed E-state index contributed by atoms with van der Waals surface area (Å²) in [5, 5.41) is 3.57. The molecular formula is C23H22N2O2. The first-order valence-electron chi connectivity index (χ1n) is 9.08. The quantitative estimate of drug-likeness (QED) is 0.750. The highest BCUT2D eigenvalue weighted by atomic mass is 16.5. The van der Waals surface area contributed by atoms with Gasteiger partial charge in [0.2, 0.25) is 5.91 Å².